The summed E-state index contributed by atoms with van der Waals surface area (Å²) in [4.78, 5) is 0. The smallest absolute Gasteiger partial charge is 0.161 e. The second-order valence-electron chi connectivity index (χ2n) is 4.61. The fourth-order valence-electron chi connectivity index (χ4n) is 2.08. The van der Waals surface area contributed by atoms with E-state index >= 15 is 0 Å². The van der Waals surface area contributed by atoms with Gasteiger partial charge in [0, 0.05) is 18.1 Å². The minimum Gasteiger partial charge on any atom is -0.493 e. The normalized spacial score (nSPS) is 10.4. The van der Waals surface area contributed by atoms with Gasteiger partial charge in [-0.3, -0.25) is 0 Å². The van der Waals surface area contributed by atoms with Crippen LogP contribution in [0.25, 0.3) is 0 Å². The Morgan fingerprint density at radius 2 is 1.86 bits per heavy atom. The van der Waals surface area contributed by atoms with E-state index in [0.717, 1.165) is 40.7 Å². The largest absolute Gasteiger partial charge is 0.493 e. The van der Waals surface area contributed by atoms with Crippen molar-refractivity contribution in [2.75, 3.05) is 13.7 Å². The second kappa shape index (κ2) is 7.91. The van der Waals surface area contributed by atoms with Gasteiger partial charge in [-0.1, -0.05) is 35.9 Å². The molecule has 1 N–H and O–H groups in total. The Morgan fingerprint density at radius 1 is 1.05 bits per heavy atom. The third kappa shape index (κ3) is 4.38. The van der Waals surface area contributed by atoms with Crippen molar-refractivity contribution in [3.63, 3.8) is 0 Å². The molecule has 0 radical (unpaired) electrons. The molecular weight excluding hydrogens is 286 g/mol. The summed E-state index contributed by atoms with van der Waals surface area (Å²) < 4.78 is 10.9. The summed E-state index contributed by atoms with van der Waals surface area (Å²) in [5.74, 6) is 1.53. The minimum atomic E-state index is 0.625. The molecule has 0 aliphatic heterocycles. The van der Waals surface area contributed by atoms with Crippen LogP contribution in [0.1, 0.15) is 18.1 Å². The molecule has 0 atom stereocenters. The summed E-state index contributed by atoms with van der Waals surface area (Å²) in [6.45, 7) is 4.06. The van der Waals surface area contributed by atoms with E-state index in [1.165, 1.54) is 0 Å². The van der Waals surface area contributed by atoms with Crippen molar-refractivity contribution >= 4 is 11.6 Å². The van der Waals surface area contributed by atoms with Gasteiger partial charge in [0.15, 0.2) is 11.5 Å². The molecule has 0 heterocycles. The van der Waals surface area contributed by atoms with Gasteiger partial charge in [0.05, 0.1) is 13.7 Å². The number of hydrogen-bond donors (Lipinski definition) is 1. The van der Waals surface area contributed by atoms with E-state index in [2.05, 4.69) is 5.32 Å². The Kier molecular flexibility index (Phi) is 5.90. The highest BCUT2D eigenvalue weighted by molar-refractivity contribution is 6.31. The molecule has 0 aromatic heterocycles. The fraction of sp³-hybridized carbons (Fsp3) is 0.294. The number of benzene rings is 2. The van der Waals surface area contributed by atoms with Crippen LogP contribution >= 0.6 is 11.6 Å². The van der Waals surface area contributed by atoms with Crippen LogP contribution in [0.5, 0.6) is 11.5 Å². The van der Waals surface area contributed by atoms with Crippen molar-refractivity contribution < 1.29 is 9.47 Å². The molecule has 0 fully saturated rings. The first-order chi connectivity index (χ1) is 10.2. The average molecular weight is 306 g/mol. The minimum absolute atomic E-state index is 0.625. The SMILES string of the molecule is CCOc1ccc(CNCc2ccccc2Cl)cc1OC. The summed E-state index contributed by atoms with van der Waals surface area (Å²) in [5.41, 5.74) is 2.24. The molecule has 0 spiro atoms. The zero-order valence-corrected chi connectivity index (χ0v) is 13.1. The monoisotopic (exact) mass is 305 g/mol. The standard InChI is InChI=1S/C17H20ClNO2/c1-3-21-16-9-8-13(10-17(16)20-2)11-19-12-14-6-4-5-7-15(14)18/h4-10,19H,3,11-12H2,1-2H3. The van der Waals surface area contributed by atoms with E-state index in [0.29, 0.717) is 6.61 Å². The highest BCUT2D eigenvalue weighted by Crippen LogP contribution is 2.28. The molecule has 0 saturated heterocycles. The van der Waals surface area contributed by atoms with Crippen LogP contribution in [0.4, 0.5) is 0 Å². The van der Waals surface area contributed by atoms with Crippen molar-refractivity contribution in [2.24, 2.45) is 0 Å². The maximum atomic E-state index is 6.13. The summed E-state index contributed by atoms with van der Waals surface area (Å²) in [5, 5.41) is 4.17. The maximum absolute atomic E-state index is 6.13. The molecule has 0 aliphatic carbocycles. The van der Waals surface area contributed by atoms with Crippen molar-refractivity contribution in [1.82, 2.24) is 5.32 Å². The van der Waals surface area contributed by atoms with Gasteiger partial charge in [0.1, 0.15) is 0 Å². The molecule has 0 saturated carbocycles. The molecule has 21 heavy (non-hydrogen) atoms. The molecule has 0 aliphatic rings. The van der Waals surface area contributed by atoms with Crippen LogP contribution in [0.15, 0.2) is 42.5 Å². The molecule has 0 amide bonds. The number of nitrogens with one attached hydrogen (secondary N) is 1. The lowest BCUT2D eigenvalue weighted by molar-refractivity contribution is 0.310. The van der Waals surface area contributed by atoms with Crippen LogP contribution in [0.2, 0.25) is 5.02 Å². The summed E-state index contributed by atoms with van der Waals surface area (Å²) >= 11 is 6.13. The van der Waals surface area contributed by atoms with Crippen molar-refractivity contribution in [3.05, 3.63) is 58.6 Å². The zero-order valence-electron chi connectivity index (χ0n) is 12.4. The van der Waals surface area contributed by atoms with E-state index in [1.54, 1.807) is 7.11 Å². The molecular formula is C17H20ClNO2. The predicted octanol–water partition coefficient (Wildman–Crippen LogP) is 4.04. The Morgan fingerprint density at radius 3 is 2.57 bits per heavy atom. The van der Waals surface area contributed by atoms with Crippen LogP contribution in [0, 0.1) is 0 Å². The highest BCUT2D eigenvalue weighted by atomic mass is 35.5. The predicted molar refractivity (Wildman–Crippen MR) is 86.2 cm³/mol. The molecule has 0 bridgehead atoms. The second-order valence-corrected chi connectivity index (χ2v) is 5.02. The summed E-state index contributed by atoms with van der Waals surface area (Å²) in [6.07, 6.45) is 0. The molecule has 4 heteroatoms. The van der Waals surface area contributed by atoms with Crippen LogP contribution in [-0.4, -0.2) is 13.7 Å². The molecule has 2 rings (SSSR count). The Hall–Kier alpha value is -1.71. The summed E-state index contributed by atoms with van der Waals surface area (Å²) in [7, 11) is 1.65. The van der Waals surface area contributed by atoms with Crippen molar-refractivity contribution in [2.45, 2.75) is 20.0 Å². The lowest BCUT2D eigenvalue weighted by Crippen LogP contribution is -2.13. The number of ether oxygens (including phenoxy) is 2. The van der Waals surface area contributed by atoms with E-state index < -0.39 is 0 Å². The Labute approximate surface area is 130 Å². The maximum Gasteiger partial charge on any atom is 0.161 e. The van der Waals surface area contributed by atoms with Gasteiger partial charge >= 0.3 is 0 Å². The molecule has 3 nitrogen and oxygen atoms in total. The molecule has 2 aromatic rings. The number of halogens is 1. The van der Waals surface area contributed by atoms with Gasteiger partial charge in [0.2, 0.25) is 0 Å². The van der Waals surface area contributed by atoms with E-state index in [4.69, 9.17) is 21.1 Å². The lowest BCUT2D eigenvalue weighted by Gasteiger charge is -2.12. The van der Waals surface area contributed by atoms with Crippen LogP contribution in [0.3, 0.4) is 0 Å². The zero-order chi connectivity index (χ0) is 15.1. The van der Waals surface area contributed by atoms with Gasteiger partial charge in [-0.05, 0) is 36.2 Å². The van der Waals surface area contributed by atoms with Crippen molar-refractivity contribution in [1.29, 1.82) is 0 Å². The lowest BCUT2D eigenvalue weighted by atomic mass is 10.2. The first kappa shape index (κ1) is 15.7. The van der Waals surface area contributed by atoms with Gasteiger partial charge in [-0.2, -0.15) is 0 Å². The fourth-order valence-corrected chi connectivity index (χ4v) is 2.28. The van der Waals surface area contributed by atoms with Crippen molar-refractivity contribution in [3.8, 4) is 11.5 Å². The third-order valence-corrected chi connectivity index (χ3v) is 3.50. The van der Waals surface area contributed by atoms with E-state index in [-0.39, 0.29) is 0 Å². The van der Waals surface area contributed by atoms with Gasteiger partial charge in [-0.25, -0.2) is 0 Å². The number of methoxy groups -OCH3 is 1. The Bertz CT molecular complexity index is 587. The third-order valence-electron chi connectivity index (χ3n) is 3.13. The molecule has 2 aromatic carbocycles. The van der Waals surface area contributed by atoms with Crippen LogP contribution < -0.4 is 14.8 Å². The number of rotatable bonds is 7. The quantitative estimate of drug-likeness (QED) is 0.837. The highest BCUT2D eigenvalue weighted by Gasteiger charge is 2.05. The Balaban J connectivity index is 1.96. The van der Waals surface area contributed by atoms with Crippen LogP contribution in [-0.2, 0) is 13.1 Å². The molecule has 0 unspecified atom stereocenters. The molecule has 112 valence electrons. The van der Waals surface area contributed by atoms with Gasteiger partial charge < -0.3 is 14.8 Å². The first-order valence-electron chi connectivity index (χ1n) is 6.98. The first-order valence-corrected chi connectivity index (χ1v) is 7.36. The average Bonchev–Trinajstić information content (AvgIpc) is 2.51. The topological polar surface area (TPSA) is 30.5 Å². The van der Waals surface area contributed by atoms with Gasteiger partial charge in [-0.15, -0.1) is 0 Å². The van der Waals surface area contributed by atoms with Gasteiger partial charge in [0.25, 0.3) is 0 Å². The van der Waals surface area contributed by atoms with E-state index in [9.17, 15) is 0 Å². The summed E-state index contributed by atoms with van der Waals surface area (Å²) in [6, 6.07) is 13.8. The van der Waals surface area contributed by atoms with E-state index in [1.807, 2.05) is 49.4 Å². The number of hydrogen-bond acceptors (Lipinski definition) is 3.